The second-order valence-electron chi connectivity index (χ2n) is 9.80. The number of anilines is 1. The van der Waals surface area contributed by atoms with Crippen LogP contribution in [0.3, 0.4) is 0 Å². The van der Waals surface area contributed by atoms with Crippen molar-refractivity contribution in [1.82, 2.24) is 15.5 Å². The number of ether oxygens (including phenoxy) is 2. The maximum atomic E-state index is 13.0. The second-order valence-corrected chi connectivity index (χ2v) is 9.80. The summed E-state index contributed by atoms with van der Waals surface area (Å²) >= 11 is 0. The van der Waals surface area contributed by atoms with E-state index in [0.29, 0.717) is 29.7 Å². The van der Waals surface area contributed by atoms with E-state index in [2.05, 4.69) is 25.9 Å². The fourth-order valence-corrected chi connectivity index (χ4v) is 4.45. The van der Waals surface area contributed by atoms with Crippen LogP contribution in [0.15, 0.2) is 101 Å². The van der Waals surface area contributed by atoms with E-state index in [0.717, 1.165) is 21.9 Å². The van der Waals surface area contributed by atoms with E-state index in [-0.39, 0.29) is 18.9 Å². The Hall–Kier alpha value is -5.58. The number of nitrogens with zero attached hydrogens (tertiary/aromatic N) is 3. The predicted octanol–water partition coefficient (Wildman–Crippen LogP) is 4.93. The summed E-state index contributed by atoms with van der Waals surface area (Å²) in [6, 6.07) is 28.1. The summed E-state index contributed by atoms with van der Waals surface area (Å²) in [5.41, 5.74) is 2.55. The first-order valence-corrected chi connectivity index (χ1v) is 13.7. The van der Waals surface area contributed by atoms with Gasteiger partial charge >= 0.3 is 12.0 Å². The molecule has 0 aromatic heterocycles. The third-order valence-electron chi connectivity index (χ3n) is 6.62. The van der Waals surface area contributed by atoms with E-state index in [1.807, 2.05) is 73.7 Å². The van der Waals surface area contributed by atoms with Crippen LogP contribution in [0.5, 0.6) is 11.5 Å². The van der Waals surface area contributed by atoms with Crippen LogP contribution in [0.4, 0.5) is 10.5 Å². The monoisotopic (exact) mass is 580 g/mol. The van der Waals surface area contributed by atoms with E-state index in [9.17, 15) is 14.7 Å². The molecule has 220 valence electrons. The minimum absolute atomic E-state index is 0.00541. The summed E-state index contributed by atoms with van der Waals surface area (Å²) < 4.78 is 11.7. The van der Waals surface area contributed by atoms with E-state index >= 15 is 0 Å². The molecule has 0 bridgehead atoms. The Morgan fingerprint density at radius 2 is 1.72 bits per heavy atom. The van der Waals surface area contributed by atoms with Gasteiger partial charge < -0.3 is 19.9 Å². The lowest BCUT2D eigenvalue weighted by Crippen LogP contribution is -2.59. The number of guanidine groups is 2. The number of hydrogen-bond acceptors (Lipinski definition) is 6. The average Bonchev–Trinajstić information content (AvgIpc) is 2.99. The summed E-state index contributed by atoms with van der Waals surface area (Å²) in [5, 5.41) is 19.8. The second kappa shape index (κ2) is 13.4. The summed E-state index contributed by atoms with van der Waals surface area (Å²) in [7, 11) is 1.52. The van der Waals surface area contributed by atoms with Gasteiger partial charge in [-0.25, -0.2) is 4.79 Å². The number of amides is 2. The summed E-state index contributed by atoms with van der Waals surface area (Å²) in [6.45, 7) is 2.36. The lowest BCUT2D eigenvalue weighted by Gasteiger charge is -2.36. The van der Waals surface area contributed by atoms with Crippen molar-refractivity contribution in [3.63, 3.8) is 0 Å². The molecule has 4 aromatic rings. The largest absolute Gasteiger partial charge is 0.495 e. The number of carboxylic acid groups (broad SMARTS) is 1. The van der Waals surface area contributed by atoms with Gasteiger partial charge in [0, 0.05) is 0 Å². The standard InChI is InChI=1S/C32H32N6O5/c1-21-11-13-22(14-12-21)20-38-30(33-18-17-28(39)40)35-29(36-31(41)34-26-9-5-6-10-27(26)42-2)37-32(38)43-25-16-15-23-7-3-4-8-24(23)19-25/h3-16,19,32H,17-18,20H2,1-2H3,(H,39,40)(H3,33,34,35,36,37,41). The van der Waals surface area contributed by atoms with Crippen LogP contribution in [0.1, 0.15) is 17.5 Å². The molecule has 0 saturated carbocycles. The number of carboxylic acids is 1. The van der Waals surface area contributed by atoms with Crippen molar-refractivity contribution in [3.05, 3.63) is 102 Å². The van der Waals surface area contributed by atoms with Crippen LogP contribution in [0.25, 0.3) is 10.8 Å². The van der Waals surface area contributed by atoms with Gasteiger partial charge in [0.2, 0.25) is 11.9 Å². The van der Waals surface area contributed by atoms with Gasteiger partial charge in [0.15, 0.2) is 0 Å². The highest BCUT2D eigenvalue weighted by molar-refractivity contribution is 6.09. The maximum absolute atomic E-state index is 13.0. The zero-order chi connectivity index (χ0) is 30.2. The first kappa shape index (κ1) is 28.9. The first-order chi connectivity index (χ1) is 20.9. The molecule has 1 aliphatic rings. The summed E-state index contributed by atoms with van der Waals surface area (Å²) in [6.07, 6.45) is -1.12. The van der Waals surface area contributed by atoms with Crippen LogP contribution >= 0.6 is 0 Å². The molecule has 2 amide bonds. The molecule has 43 heavy (non-hydrogen) atoms. The zero-order valence-corrected chi connectivity index (χ0v) is 23.8. The van der Waals surface area contributed by atoms with E-state index < -0.39 is 18.4 Å². The lowest BCUT2D eigenvalue weighted by molar-refractivity contribution is -0.136. The first-order valence-electron chi connectivity index (χ1n) is 13.7. The van der Waals surface area contributed by atoms with Gasteiger partial charge in [0.1, 0.15) is 11.5 Å². The quantitative estimate of drug-likeness (QED) is 0.220. The predicted molar refractivity (Wildman–Crippen MR) is 165 cm³/mol. The van der Waals surface area contributed by atoms with Crippen molar-refractivity contribution >= 4 is 40.4 Å². The number of carbonyl (C=O) groups excluding carboxylic acids is 1. The fourth-order valence-electron chi connectivity index (χ4n) is 4.45. The van der Waals surface area contributed by atoms with Crippen LogP contribution in [-0.4, -0.2) is 53.9 Å². The Kier molecular flexibility index (Phi) is 9.01. The van der Waals surface area contributed by atoms with Crippen LogP contribution in [0.2, 0.25) is 0 Å². The van der Waals surface area contributed by atoms with Crippen LogP contribution in [0, 0.1) is 6.92 Å². The molecule has 0 saturated heterocycles. The van der Waals surface area contributed by atoms with E-state index in [4.69, 9.17) is 9.47 Å². The van der Waals surface area contributed by atoms with Gasteiger partial charge in [-0.2, -0.15) is 4.99 Å². The van der Waals surface area contributed by atoms with Crippen molar-refractivity contribution in [2.75, 3.05) is 19.0 Å². The maximum Gasteiger partial charge on any atom is 0.326 e. The van der Waals surface area contributed by atoms with Gasteiger partial charge in [-0.1, -0.05) is 72.3 Å². The van der Waals surface area contributed by atoms with E-state index in [1.54, 1.807) is 29.2 Å². The van der Waals surface area contributed by atoms with Crippen molar-refractivity contribution in [1.29, 1.82) is 0 Å². The molecule has 11 heteroatoms. The molecular weight excluding hydrogens is 548 g/mol. The molecule has 0 spiro atoms. The molecule has 0 radical (unpaired) electrons. The van der Waals surface area contributed by atoms with Gasteiger partial charge in [-0.05, 0) is 47.5 Å². The SMILES string of the molecule is COc1ccccc1NC(=O)NC1=NC(Oc2ccc3ccccc3c2)N(Cc2ccc(C)cc2)C(=NCCC(=O)O)N1. The molecule has 11 nitrogen and oxygen atoms in total. The molecule has 1 atom stereocenters. The molecule has 1 heterocycles. The highest BCUT2D eigenvalue weighted by atomic mass is 16.5. The lowest BCUT2D eigenvalue weighted by atomic mass is 10.1. The van der Waals surface area contributed by atoms with Gasteiger partial charge in [-0.15, -0.1) is 0 Å². The fraction of sp³-hybridized carbons (Fsp3) is 0.188. The Morgan fingerprint density at radius 1 is 0.977 bits per heavy atom. The summed E-state index contributed by atoms with van der Waals surface area (Å²) in [4.78, 5) is 35.3. The van der Waals surface area contributed by atoms with Crippen molar-refractivity contribution in [3.8, 4) is 11.5 Å². The van der Waals surface area contributed by atoms with Gasteiger partial charge in [0.25, 0.3) is 6.35 Å². The number of carbonyl (C=O) groups is 2. The molecular formula is C32H32N6O5. The molecule has 4 aromatic carbocycles. The molecule has 1 unspecified atom stereocenters. The van der Waals surface area contributed by atoms with Crippen molar-refractivity contribution < 1.29 is 24.2 Å². The molecule has 4 N–H and O–H groups in total. The number of rotatable bonds is 9. The minimum atomic E-state index is -0.975. The Bertz CT molecular complexity index is 1670. The summed E-state index contributed by atoms with van der Waals surface area (Å²) in [5.74, 6) is 0.458. The topological polar surface area (TPSA) is 137 Å². The Labute approximate surface area is 248 Å². The third kappa shape index (κ3) is 7.59. The third-order valence-corrected chi connectivity index (χ3v) is 6.62. The zero-order valence-electron chi connectivity index (χ0n) is 23.8. The molecule has 5 rings (SSSR count). The number of fused-ring (bicyclic) bond motifs is 1. The number of aliphatic imine (C=N–C) groups is 2. The molecule has 0 aliphatic carbocycles. The normalized spacial score (nSPS) is 15.4. The Morgan fingerprint density at radius 3 is 2.49 bits per heavy atom. The molecule has 0 fully saturated rings. The number of urea groups is 1. The van der Waals surface area contributed by atoms with Gasteiger partial charge in [0.05, 0.1) is 32.3 Å². The highest BCUT2D eigenvalue weighted by Crippen LogP contribution is 2.25. The van der Waals surface area contributed by atoms with Gasteiger partial charge in [-0.3, -0.25) is 25.3 Å². The number of benzene rings is 4. The molecule has 1 aliphatic heterocycles. The van der Waals surface area contributed by atoms with E-state index in [1.165, 1.54) is 7.11 Å². The van der Waals surface area contributed by atoms with Crippen molar-refractivity contribution in [2.24, 2.45) is 9.98 Å². The number of para-hydroxylation sites is 2. The number of aliphatic carboxylic acids is 1. The highest BCUT2D eigenvalue weighted by Gasteiger charge is 2.31. The van der Waals surface area contributed by atoms with Crippen molar-refractivity contribution in [2.45, 2.75) is 26.2 Å². The smallest absolute Gasteiger partial charge is 0.326 e. The average molecular weight is 581 g/mol. The Balaban J connectivity index is 1.47. The number of methoxy groups -OCH3 is 1. The number of hydrogen-bond donors (Lipinski definition) is 4. The van der Waals surface area contributed by atoms with Crippen LogP contribution in [-0.2, 0) is 11.3 Å². The van der Waals surface area contributed by atoms with Crippen LogP contribution < -0.4 is 25.4 Å². The minimum Gasteiger partial charge on any atom is -0.495 e. The number of nitrogens with one attached hydrogen (secondary N) is 3. The number of aryl methyl sites for hydroxylation is 1.